The average Bonchev–Trinajstić information content (AvgIpc) is 2.36. The maximum Gasteiger partial charge on any atom is 0.220 e. The van der Waals surface area contributed by atoms with E-state index < -0.39 is 0 Å². The van der Waals surface area contributed by atoms with Crippen molar-refractivity contribution < 1.29 is 9.13 Å². The molecule has 94 valence electrons. The molecule has 0 saturated heterocycles. The molecule has 18 heavy (non-hydrogen) atoms. The number of hydrogen-bond acceptors (Lipinski definition) is 4. The number of ether oxygens (including phenoxy) is 1. The van der Waals surface area contributed by atoms with Gasteiger partial charge in [0.1, 0.15) is 17.7 Å². The van der Waals surface area contributed by atoms with Crippen molar-refractivity contribution in [3.63, 3.8) is 0 Å². The molecule has 0 aliphatic rings. The van der Waals surface area contributed by atoms with Crippen LogP contribution in [0.2, 0.25) is 0 Å². The lowest BCUT2D eigenvalue weighted by Gasteiger charge is -2.17. The lowest BCUT2D eigenvalue weighted by molar-refractivity contribution is 0.195. The van der Waals surface area contributed by atoms with Crippen LogP contribution >= 0.6 is 0 Å². The van der Waals surface area contributed by atoms with Gasteiger partial charge < -0.3 is 10.5 Å². The predicted molar refractivity (Wildman–Crippen MR) is 66.5 cm³/mol. The van der Waals surface area contributed by atoms with Crippen molar-refractivity contribution in [1.82, 2.24) is 9.97 Å². The van der Waals surface area contributed by atoms with Crippen LogP contribution in [-0.2, 0) is 0 Å². The number of hydrogen-bond donors (Lipinski definition) is 1. The summed E-state index contributed by atoms with van der Waals surface area (Å²) >= 11 is 0. The summed E-state index contributed by atoms with van der Waals surface area (Å²) in [5, 5.41) is 0. The summed E-state index contributed by atoms with van der Waals surface area (Å²) in [5.74, 6) is 0.345. The van der Waals surface area contributed by atoms with Gasteiger partial charge in [-0.3, -0.25) is 0 Å². The normalized spacial score (nSPS) is 12.1. The first-order valence-corrected chi connectivity index (χ1v) is 5.69. The predicted octanol–water partition coefficient (Wildman–Crippen LogP) is 2.73. The number of halogens is 1. The molecule has 0 bridgehead atoms. The molecule has 2 N–H and O–H groups in total. The number of nitrogens with two attached hydrogens (primary N) is 1. The molecule has 5 heteroatoms. The highest BCUT2D eigenvalue weighted by Gasteiger charge is 2.13. The van der Waals surface area contributed by atoms with Crippen LogP contribution in [0.3, 0.4) is 0 Å². The molecule has 0 spiro atoms. The third-order valence-corrected chi connectivity index (χ3v) is 2.47. The Kier molecular flexibility index (Phi) is 3.72. The van der Waals surface area contributed by atoms with E-state index in [4.69, 9.17) is 10.5 Å². The molecule has 0 aliphatic heterocycles. The first-order valence-electron chi connectivity index (χ1n) is 5.69. The van der Waals surface area contributed by atoms with Gasteiger partial charge in [-0.2, -0.15) is 0 Å². The topological polar surface area (TPSA) is 61.0 Å². The Bertz CT molecular complexity index is 533. The standard InChI is InChI=1S/C13H14FN3O/c1-2-12(11-6-7-16-13(15)17-11)18-10-5-3-4-9(14)8-10/h3-8,12H,2H2,1H3,(H2,15,16,17). The van der Waals surface area contributed by atoms with E-state index in [9.17, 15) is 4.39 Å². The molecule has 0 saturated carbocycles. The largest absolute Gasteiger partial charge is 0.484 e. The van der Waals surface area contributed by atoms with Gasteiger partial charge in [-0.15, -0.1) is 0 Å². The lowest BCUT2D eigenvalue weighted by atomic mass is 10.2. The second kappa shape index (κ2) is 5.44. The van der Waals surface area contributed by atoms with E-state index in [1.54, 1.807) is 24.4 Å². The Labute approximate surface area is 105 Å². The van der Waals surface area contributed by atoms with Crippen LogP contribution < -0.4 is 10.5 Å². The van der Waals surface area contributed by atoms with E-state index in [0.29, 0.717) is 17.9 Å². The zero-order valence-corrected chi connectivity index (χ0v) is 10.0. The summed E-state index contributed by atoms with van der Waals surface area (Å²) < 4.78 is 18.8. The van der Waals surface area contributed by atoms with Crippen LogP contribution in [0.5, 0.6) is 5.75 Å². The van der Waals surface area contributed by atoms with Crippen molar-refractivity contribution >= 4 is 5.95 Å². The molecule has 1 aromatic carbocycles. The highest BCUT2D eigenvalue weighted by molar-refractivity contribution is 5.24. The third kappa shape index (κ3) is 2.94. The zero-order valence-electron chi connectivity index (χ0n) is 10.0. The summed E-state index contributed by atoms with van der Waals surface area (Å²) in [7, 11) is 0. The number of anilines is 1. The second-order valence-electron chi connectivity index (χ2n) is 3.81. The number of rotatable bonds is 4. The van der Waals surface area contributed by atoms with Gasteiger partial charge in [0.15, 0.2) is 0 Å². The highest BCUT2D eigenvalue weighted by Crippen LogP contribution is 2.23. The quantitative estimate of drug-likeness (QED) is 0.902. The molecule has 0 amide bonds. The van der Waals surface area contributed by atoms with Crippen molar-refractivity contribution in [3.8, 4) is 5.75 Å². The fraction of sp³-hybridized carbons (Fsp3) is 0.231. The van der Waals surface area contributed by atoms with Gasteiger partial charge >= 0.3 is 0 Å². The monoisotopic (exact) mass is 247 g/mol. The molecule has 1 unspecified atom stereocenters. The van der Waals surface area contributed by atoms with E-state index in [1.165, 1.54) is 12.1 Å². The Morgan fingerprint density at radius 1 is 1.39 bits per heavy atom. The minimum Gasteiger partial charge on any atom is -0.484 e. The molecular formula is C13H14FN3O. The zero-order chi connectivity index (χ0) is 13.0. The fourth-order valence-electron chi connectivity index (χ4n) is 1.63. The molecule has 4 nitrogen and oxygen atoms in total. The van der Waals surface area contributed by atoms with E-state index >= 15 is 0 Å². The van der Waals surface area contributed by atoms with Gasteiger partial charge in [0.05, 0.1) is 5.69 Å². The van der Waals surface area contributed by atoms with Gasteiger partial charge in [0.25, 0.3) is 0 Å². The Hall–Kier alpha value is -2.17. The molecule has 2 aromatic rings. The summed E-state index contributed by atoms with van der Waals surface area (Å²) in [4.78, 5) is 7.94. The van der Waals surface area contributed by atoms with E-state index in [-0.39, 0.29) is 17.9 Å². The van der Waals surface area contributed by atoms with Crippen molar-refractivity contribution in [1.29, 1.82) is 0 Å². The van der Waals surface area contributed by atoms with Crippen LogP contribution in [0.1, 0.15) is 25.1 Å². The minimum atomic E-state index is -0.329. The van der Waals surface area contributed by atoms with Crippen molar-refractivity contribution in [2.45, 2.75) is 19.4 Å². The van der Waals surface area contributed by atoms with Crippen LogP contribution in [0.4, 0.5) is 10.3 Å². The molecule has 0 radical (unpaired) electrons. The van der Waals surface area contributed by atoms with Crippen molar-refractivity contribution in [3.05, 3.63) is 48.0 Å². The molecule has 1 aromatic heterocycles. The molecule has 0 fully saturated rings. The molecule has 0 aliphatic carbocycles. The summed E-state index contributed by atoms with van der Waals surface area (Å²) in [5.41, 5.74) is 6.22. The second-order valence-corrected chi connectivity index (χ2v) is 3.81. The average molecular weight is 247 g/mol. The number of aromatic nitrogens is 2. The Balaban J connectivity index is 2.19. The molecule has 2 rings (SSSR count). The number of benzene rings is 1. The van der Waals surface area contributed by atoms with Crippen LogP contribution in [0.15, 0.2) is 36.5 Å². The van der Waals surface area contributed by atoms with E-state index in [0.717, 1.165) is 0 Å². The third-order valence-electron chi connectivity index (χ3n) is 2.47. The van der Waals surface area contributed by atoms with Gasteiger partial charge in [-0.25, -0.2) is 14.4 Å². The highest BCUT2D eigenvalue weighted by atomic mass is 19.1. The van der Waals surface area contributed by atoms with Crippen molar-refractivity contribution in [2.75, 3.05) is 5.73 Å². The fourth-order valence-corrected chi connectivity index (χ4v) is 1.63. The Morgan fingerprint density at radius 2 is 2.22 bits per heavy atom. The summed E-state index contributed by atoms with van der Waals surface area (Å²) in [6.45, 7) is 1.96. The number of nitrogen functional groups attached to an aromatic ring is 1. The number of nitrogens with zero attached hydrogens (tertiary/aromatic N) is 2. The smallest absolute Gasteiger partial charge is 0.220 e. The summed E-state index contributed by atoms with van der Waals surface area (Å²) in [6.07, 6.45) is 2.01. The maximum absolute atomic E-state index is 13.1. The minimum absolute atomic E-state index is 0.203. The molecular weight excluding hydrogens is 233 g/mol. The maximum atomic E-state index is 13.1. The van der Waals surface area contributed by atoms with Gasteiger partial charge in [0.2, 0.25) is 5.95 Å². The first-order chi connectivity index (χ1) is 8.69. The van der Waals surface area contributed by atoms with Crippen LogP contribution in [-0.4, -0.2) is 9.97 Å². The van der Waals surface area contributed by atoms with Crippen LogP contribution in [0.25, 0.3) is 0 Å². The van der Waals surface area contributed by atoms with Gasteiger partial charge in [0, 0.05) is 12.3 Å². The van der Waals surface area contributed by atoms with Gasteiger partial charge in [-0.1, -0.05) is 13.0 Å². The first kappa shape index (κ1) is 12.3. The van der Waals surface area contributed by atoms with E-state index in [2.05, 4.69) is 9.97 Å². The Morgan fingerprint density at radius 3 is 2.89 bits per heavy atom. The van der Waals surface area contributed by atoms with Crippen LogP contribution in [0, 0.1) is 5.82 Å². The van der Waals surface area contributed by atoms with E-state index in [1.807, 2.05) is 6.92 Å². The van der Waals surface area contributed by atoms with Crippen molar-refractivity contribution in [2.24, 2.45) is 0 Å². The lowest BCUT2D eigenvalue weighted by Crippen LogP contribution is -2.10. The van der Waals surface area contributed by atoms with Gasteiger partial charge in [-0.05, 0) is 24.6 Å². The molecule has 1 heterocycles. The summed E-state index contributed by atoms with van der Waals surface area (Å²) in [6, 6.07) is 7.76. The molecule has 1 atom stereocenters. The SMILES string of the molecule is CCC(Oc1cccc(F)c1)c1ccnc(N)n1.